The molecule has 1 aliphatic carbocycles. The Bertz CT molecular complexity index is 736. The molecule has 0 aliphatic heterocycles. The highest BCUT2D eigenvalue weighted by Crippen LogP contribution is 2.39. The summed E-state index contributed by atoms with van der Waals surface area (Å²) < 4.78 is 13.5. The Kier molecular flexibility index (Phi) is 9.88. The van der Waals surface area contributed by atoms with Crippen molar-refractivity contribution in [3.8, 4) is 6.07 Å². The van der Waals surface area contributed by atoms with E-state index in [4.69, 9.17) is 5.26 Å². The Labute approximate surface area is 176 Å². The average Bonchev–Trinajstić information content (AvgIpc) is 2.74. The van der Waals surface area contributed by atoms with E-state index < -0.39 is 6.17 Å². The fraction of sp³-hybridized carbons (Fsp3) is 0.500. The molecule has 0 N–H and O–H groups in total. The van der Waals surface area contributed by atoms with Gasteiger partial charge in [0.1, 0.15) is 6.17 Å². The molecule has 1 aliphatic rings. The van der Waals surface area contributed by atoms with Crippen LogP contribution in [-0.2, 0) is 12.8 Å². The van der Waals surface area contributed by atoms with E-state index in [0.29, 0.717) is 6.04 Å². The molecule has 2 aromatic rings. The first-order valence-electron chi connectivity index (χ1n) is 10.9. The first kappa shape index (κ1) is 23.1. The van der Waals surface area contributed by atoms with Crippen molar-refractivity contribution in [2.45, 2.75) is 70.5 Å². The summed E-state index contributed by atoms with van der Waals surface area (Å²) in [6.45, 7) is 4.81. The predicted octanol–water partition coefficient (Wildman–Crippen LogP) is 6.32. The second kappa shape index (κ2) is 12.4. The maximum Gasteiger partial charge on any atom is 0.107 e. The smallest absolute Gasteiger partial charge is 0.107 e. The van der Waals surface area contributed by atoms with Gasteiger partial charge in [-0.25, -0.2) is 4.39 Å². The van der Waals surface area contributed by atoms with E-state index in [-0.39, 0.29) is 5.92 Å². The third kappa shape index (κ3) is 7.29. The van der Waals surface area contributed by atoms with Crippen LogP contribution in [0.5, 0.6) is 0 Å². The predicted molar refractivity (Wildman–Crippen MR) is 120 cm³/mol. The average molecular weight is 395 g/mol. The lowest BCUT2D eigenvalue weighted by Crippen LogP contribution is -2.33. The normalized spacial score (nSPS) is 18.9. The molecule has 1 saturated carbocycles. The molecule has 3 rings (SSSR count). The van der Waals surface area contributed by atoms with E-state index in [1.54, 1.807) is 6.07 Å². The fourth-order valence-corrected chi connectivity index (χ4v) is 3.97. The Morgan fingerprint density at radius 1 is 1.03 bits per heavy atom. The van der Waals surface area contributed by atoms with E-state index in [2.05, 4.69) is 73.5 Å². The van der Waals surface area contributed by atoms with Gasteiger partial charge in [0.15, 0.2) is 0 Å². The Morgan fingerprint density at radius 3 is 2.17 bits per heavy atom. The number of hydrogen-bond donors (Lipinski definition) is 0. The minimum absolute atomic E-state index is 0.150. The van der Waals surface area contributed by atoms with Gasteiger partial charge in [0.2, 0.25) is 0 Å². The van der Waals surface area contributed by atoms with Crippen LogP contribution < -0.4 is 0 Å². The van der Waals surface area contributed by atoms with Gasteiger partial charge in [0.25, 0.3) is 0 Å². The minimum Gasteiger partial charge on any atom is -0.303 e. The van der Waals surface area contributed by atoms with Gasteiger partial charge < -0.3 is 4.90 Å². The zero-order valence-corrected chi connectivity index (χ0v) is 18.2. The fourth-order valence-electron chi connectivity index (χ4n) is 3.97. The van der Waals surface area contributed by atoms with Crippen LogP contribution in [0.4, 0.5) is 4.39 Å². The van der Waals surface area contributed by atoms with Crippen LogP contribution in [-0.4, -0.2) is 30.7 Å². The summed E-state index contributed by atoms with van der Waals surface area (Å²) in [5, 5.41) is 7.32. The molecule has 0 amide bonds. The third-order valence-electron chi connectivity index (χ3n) is 6.05. The van der Waals surface area contributed by atoms with Crippen molar-refractivity contribution in [3.05, 3.63) is 71.3 Å². The molecule has 2 nitrogen and oxygen atoms in total. The number of nitriles is 1. The second-order valence-electron chi connectivity index (χ2n) is 7.98. The Hall–Kier alpha value is -2.18. The number of nitrogens with zero attached hydrogens (tertiary/aromatic N) is 2. The van der Waals surface area contributed by atoms with Gasteiger partial charge in [-0.15, -0.1) is 0 Å². The molecule has 0 radical (unpaired) electrons. The van der Waals surface area contributed by atoms with E-state index >= 15 is 0 Å². The van der Waals surface area contributed by atoms with Crippen molar-refractivity contribution in [2.24, 2.45) is 0 Å². The zero-order chi connectivity index (χ0) is 21.1. The lowest BCUT2D eigenvalue weighted by molar-refractivity contribution is 0.170. The van der Waals surface area contributed by atoms with E-state index in [0.717, 1.165) is 32.2 Å². The van der Waals surface area contributed by atoms with Crippen LogP contribution in [0.25, 0.3) is 0 Å². The van der Waals surface area contributed by atoms with Crippen molar-refractivity contribution in [2.75, 3.05) is 13.6 Å². The van der Waals surface area contributed by atoms with Crippen LogP contribution in [0.2, 0.25) is 0 Å². The summed E-state index contributed by atoms with van der Waals surface area (Å²) in [7, 11) is 2.25. The number of benzene rings is 2. The minimum atomic E-state index is -0.622. The lowest BCUT2D eigenvalue weighted by atomic mass is 9.78. The van der Waals surface area contributed by atoms with E-state index in [1.807, 2.05) is 0 Å². The molecule has 0 bridgehead atoms. The van der Waals surface area contributed by atoms with Gasteiger partial charge >= 0.3 is 0 Å². The summed E-state index contributed by atoms with van der Waals surface area (Å²) in [6.07, 6.45) is 5.67. The molecule has 29 heavy (non-hydrogen) atoms. The molecule has 156 valence electrons. The zero-order valence-electron chi connectivity index (χ0n) is 18.2. The number of alkyl halides is 1. The van der Waals surface area contributed by atoms with Crippen molar-refractivity contribution in [1.82, 2.24) is 4.90 Å². The lowest BCUT2D eigenvalue weighted by Gasteiger charge is -2.31. The molecular weight excluding hydrogens is 359 g/mol. The summed E-state index contributed by atoms with van der Waals surface area (Å²) >= 11 is 0. The molecule has 3 heteroatoms. The van der Waals surface area contributed by atoms with Gasteiger partial charge in [-0.3, -0.25) is 0 Å². The van der Waals surface area contributed by atoms with Gasteiger partial charge in [0, 0.05) is 25.4 Å². The molecule has 1 fully saturated rings. The highest BCUT2D eigenvalue weighted by molar-refractivity contribution is 5.28. The first-order chi connectivity index (χ1) is 14.1. The summed E-state index contributed by atoms with van der Waals surface area (Å²) in [5.74, 6) is 0.150. The van der Waals surface area contributed by atoms with Gasteiger partial charge in [0.05, 0.1) is 6.07 Å². The first-order valence-corrected chi connectivity index (χ1v) is 10.9. The maximum absolute atomic E-state index is 13.5. The molecule has 3 unspecified atom stereocenters. The molecule has 0 spiro atoms. The molecule has 0 aromatic heterocycles. The molecular formula is C26H35FN2. The second-order valence-corrected chi connectivity index (χ2v) is 7.98. The number of likely N-dealkylation sites (N-methyl/N-ethyl adjacent to an activating group) is 1. The van der Waals surface area contributed by atoms with Crippen molar-refractivity contribution < 1.29 is 4.39 Å². The monoisotopic (exact) mass is 394 g/mol. The standard InChI is InChI=1S/C24H32FN.C2H3N/c1-3-22(26(2)18-17-19-7-5-4-6-8-19)14-11-20-9-12-21(13-10-20)23-15-16-24(23)25;1-2-3/h4-10,12-13,22-24H,3,11,14-18H2,1-2H3;1H3. The summed E-state index contributed by atoms with van der Waals surface area (Å²) in [5.41, 5.74) is 3.96. The number of rotatable bonds is 9. The number of aryl methyl sites for hydroxylation is 1. The molecule has 0 saturated heterocycles. The third-order valence-corrected chi connectivity index (χ3v) is 6.05. The quantitative estimate of drug-likeness (QED) is 0.498. The topological polar surface area (TPSA) is 27.0 Å². The Balaban J connectivity index is 0.000000941. The van der Waals surface area contributed by atoms with Crippen molar-refractivity contribution in [3.63, 3.8) is 0 Å². The van der Waals surface area contributed by atoms with Crippen molar-refractivity contribution >= 4 is 0 Å². The van der Waals surface area contributed by atoms with Gasteiger partial charge in [-0.1, -0.05) is 61.5 Å². The van der Waals surface area contributed by atoms with Crippen LogP contribution >= 0.6 is 0 Å². The maximum atomic E-state index is 13.5. The van der Waals surface area contributed by atoms with Crippen molar-refractivity contribution in [1.29, 1.82) is 5.26 Å². The van der Waals surface area contributed by atoms with E-state index in [9.17, 15) is 4.39 Å². The highest BCUT2D eigenvalue weighted by Gasteiger charge is 2.31. The Morgan fingerprint density at radius 2 is 1.66 bits per heavy atom. The van der Waals surface area contributed by atoms with Crippen LogP contribution in [0.3, 0.4) is 0 Å². The van der Waals surface area contributed by atoms with Crippen LogP contribution in [0.1, 0.15) is 62.1 Å². The number of hydrogen-bond acceptors (Lipinski definition) is 2. The van der Waals surface area contributed by atoms with Crippen LogP contribution in [0, 0.1) is 11.3 Å². The summed E-state index contributed by atoms with van der Waals surface area (Å²) in [4.78, 5) is 2.50. The SMILES string of the molecule is CC#N.CCC(CCc1ccc(C2CCC2F)cc1)N(C)CCc1ccccc1. The molecule has 2 aromatic carbocycles. The highest BCUT2D eigenvalue weighted by atomic mass is 19.1. The van der Waals surface area contributed by atoms with Gasteiger partial charge in [-0.05, 0) is 62.3 Å². The largest absolute Gasteiger partial charge is 0.303 e. The van der Waals surface area contributed by atoms with Crippen LogP contribution in [0.15, 0.2) is 54.6 Å². The van der Waals surface area contributed by atoms with E-state index in [1.165, 1.54) is 36.5 Å². The number of halogens is 1. The molecule has 0 heterocycles. The molecule has 3 atom stereocenters. The van der Waals surface area contributed by atoms with Gasteiger partial charge in [-0.2, -0.15) is 5.26 Å². The summed E-state index contributed by atoms with van der Waals surface area (Å²) in [6, 6.07) is 21.8.